The van der Waals surface area contributed by atoms with Crippen molar-refractivity contribution in [2.24, 2.45) is 0 Å². The summed E-state index contributed by atoms with van der Waals surface area (Å²) < 4.78 is 10.6. The standard InChI is InChI=1S/C17H19ClN2O3/c1-10(18)17(21)20-14-7-5-12(9-16(14)23-3)11-4-6-13(19)15(8-11)22-2/h4-10H,19H2,1-3H3,(H,20,21). The fraction of sp³-hybridized carbons (Fsp3) is 0.235. The molecular formula is C17H19ClN2O3. The van der Waals surface area contributed by atoms with Crippen LogP contribution in [0.15, 0.2) is 36.4 Å². The Balaban J connectivity index is 2.37. The Labute approximate surface area is 140 Å². The minimum Gasteiger partial charge on any atom is -0.495 e. The quantitative estimate of drug-likeness (QED) is 0.648. The molecule has 0 heterocycles. The molecular weight excluding hydrogens is 316 g/mol. The topological polar surface area (TPSA) is 73.6 Å². The lowest BCUT2D eigenvalue weighted by molar-refractivity contribution is -0.115. The van der Waals surface area contributed by atoms with Crippen LogP contribution in [0.3, 0.4) is 0 Å². The highest BCUT2D eigenvalue weighted by molar-refractivity contribution is 6.32. The van der Waals surface area contributed by atoms with Gasteiger partial charge in [0.25, 0.3) is 0 Å². The molecule has 0 radical (unpaired) electrons. The number of carbonyl (C=O) groups excluding carboxylic acids is 1. The Morgan fingerprint density at radius 3 is 2.22 bits per heavy atom. The number of nitrogens with one attached hydrogen (secondary N) is 1. The number of hydrogen-bond acceptors (Lipinski definition) is 4. The van der Waals surface area contributed by atoms with E-state index in [1.807, 2.05) is 24.3 Å². The van der Waals surface area contributed by atoms with Crippen LogP contribution in [0.1, 0.15) is 6.92 Å². The van der Waals surface area contributed by atoms with E-state index < -0.39 is 5.38 Å². The molecule has 5 nitrogen and oxygen atoms in total. The van der Waals surface area contributed by atoms with Crippen molar-refractivity contribution in [3.05, 3.63) is 36.4 Å². The molecule has 0 spiro atoms. The van der Waals surface area contributed by atoms with E-state index in [9.17, 15) is 4.79 Å². The Kier molecular flexibility index (Phi) is 5.34. The lowest BCUT2D eigenvalue weighted by Crippen LogP contribution is -2.20. The lowest BCUT2D eigenvalue weighted by Gasteiger charge is -2.13. The number of alkyl halides is 1. The fourth-order valence-corrected chi connectivity index (χ4v) is 2.15. The number of rotatable bonds is 5. The highest BCUT2D eigenvalue weighted by Gasteiger charge is 2.13. The first kappa shape index (κ1) is 17.0. The van der Waals surface area contributed by atoms with E-state index in [4.69, 9.17) is 26.8 Å². The minimum absolute atomic E-state index is 0.285. The van der Waals surface area contributed by atoms with Crippen molar-refractivity contribution < 1.29 is 14.3 Å². The van der Waals surface area contributed by atoms with E-state index in [0.717, 1.165) is 11.1 Å². The van der Waals surface area contributed by atoms with Crippen LogP contribution in [0.25, 0.3) is 11.1 Å². The summed E-state index contributed by atoms with van der Waals surface area (Å²) in [4.78, 5) is 11.7. The second-order valence-corrected chi connectivity index (χ2v) is 5.63. The van der Waals surface area contributed by atoms with Crippen molar-refractivity contribution in [1.29, 1.82) is 0 Å². The highest BCUT2D eigenvalue weighted by atomic mass is 35.5. The predicted octanol–water partition coefficient (Wildman–Crippen LogP) is 3.52. The molecule has 2 aromatic carbocycles. The molecule has 3 N–H and O–H groups in total. The largest absolute Gasteiger partial charge is 0.495 e. The van der Waals surface area contributed by atoms with Gasteiger partial charge in [-0.1, -0.05) is 12.1 Å². The highest BCUT2D eigenvalue weighted by Crippen LogP contribution is 2.34. The monoisotopic (exact) mass is 334 g/mol. The molecule has 1 unspecified atom stereocenters. The zero-order valence-corrected chi connectivity index (χ0v) is 14.0. The molecule has 1 amide bonds. The summed E-state index contributed by atoms with van der Waals surface area (Å²) in [5.74, 6) is 0.866. The molecule has 1 atom stereocenters. The molecule has 0 saturated heterocycles. The molecule has 23 heavy (non-hydrogen) atoms. The van der Waals surface area contributed by atoms with Gasteiger partial charge in [0.15, 0.2) is 0 Å². The van der Waals surface area contributed by atoms with Gasteiger partial charge in [0.05, 0.1) is 25.6 Å². The SMILES string of the molecule is COc1cc(-c2ccc(NC(=O)C(C)Cl)c(OC)c2)ccc1N. The third-order valence-corrected chi connectivity index (χ3v) is 3.59. The van der Waals surface area contributed by atoms with E-state index in [1.165, 1.54) is 0 Å². The summed E-state index contributed by atoms with van der Waals surface area (Å²) in [6.07, 6.45) is 0. The first-order chi connectivity index (χ1) is 11.0. The van der Waals surface area contributed by atoms with Crippen molar-refractivity contribution in [2.45, 2.75) is 12.3 Å². The number of anilines is 2. The number of hydrogen-bond donors (Lipinski definition) is 2. The van der Waals surface area contributed by atoms with Gasteiger partial charge in [-0.05, 0) is 42.3 Å². The summed E-state index contributed by atoms with van der Waals surface area (Å²) >= 11 is 5.77. The third kappa shape index (κ3) is 3.87. The van der Waals surface area contributed by atoms with Crippen LogP contribution in [-0.4, -0.2) is 25.5 Å². The van der Waals surface area contributed by atoms with Crippen LogP contribution in [0.5, 0.6) is 11.5 Å². The molecule has 2 rings (SSSR count). The van der Waals surface area contributed by atoms with Crippen LogP contribution >= 0.6 is 11.6 Å². The van der Waals surface area contributed by atoms with Gasteiger partial charge >= 0.3 is 0 Å². The lowest BCUT2D eigenvalue weighted by atomic mass is 10.0. The molecule has 0 fully saturated rings. The number of benzene rings is 2. The number of nitrogens with two attached hydrogens (primary N) is 1. The fourth-order valence-electron chi connectivity index (χ4n) is 2.10. The second-order valence-electron chi connectivity index (χ2n) is 4.98. The molecule has 0 bridgehead atoms. The van der Waals surface area contributed by atoms with E-state index in [1.54, 1.807) is 33.3 Å². The third-order valence-electron chi connectivity index (χ3n) is 3.39. The van der Waals surface area contributed by atoms with Gasteiger partial charge < -0.3 is 20.5 Å². The molecule has 122 valence electrons. The number of nitrogen functional groups attached to an aromatic ring is 1. The molecule has 6 heteroatoms. The van der Waals surface area contributed by atoms with Crippen molar-refractivity contribution in [3.63, 3.8) is 0 Å². The van der Waals surface area contributed by atoms with E-state index in [0.29, 0.717) is 22.9 Å². The number of methoxy groups -OCH3 is 2. The van der Waals surface area contributed by atoms with Crippen LogP contribution in [0.4, 0.5) is 11.4 Å². The smallest absolute Gasteiger partial charge is 0.242 e. The summed E-state index contributed by atoms with van der Waals surface area (Å²) in [5, 5.41) is 2.11. The first-order valence-electron chi connectivity index (χ1n) is 7.03. The predicted molar refractivity (Wildman–Crippen MR) is 93.3 cm³/mol. The first-order valence-corrected chi connectivity index (χ1v) is 7.46. The number of ether oxygens (including phenoxy) is 2. The minimum atomic E-state index is -0.624. The maximum Gasteiger partial charge on any atom is 0.242 e. The van der Waals surface area contributed by atoms with Crippen LogP contribution in [0, 0.1) is 0 Å². The van der Waals surface area contributed by atoms with Crippen LogP contribution in [-0.2, 0) is 4.79 Å². The normalized spacial score (nSPS) is 11.7. The van der Waals surface area contributed by atoms with Crippen LogP contribution < -0.4 is 20.5 Å². The number of carbonyl (C=O) groups is 1. The Morgan fingerprint density at radius 2 is 1.65 bits per heavy atom. The average Bonchev–Trinajstić information content (AvgIpc) is 2.55. The van der Waals surface area contributed by atoms with Crippen molar-refractivity contribution >= 4 is 28.9 Å². The van der Waals surface area contributed by atoms with Crippen molar-refractivity contribution in [3.8, 4) is 22.6 Å². The number of amides is 1. The summed E-state index contributed by atoms with van der Waals surface area (Å²) in [6.45, 7) is 1.61. The second kappa shape index (κ2) is 7.24. The van der Waals surface area contributed by atoms with Crippen LogP contribution in [0.2, 0.25) is 0 Å². The summed E-state index contributed by atoms with van der Waals surface area (Å²) in [7, 11) is 3.12. The zero-order chi connectivity index (χ0) is 17.0. The average molecular weight is 335 g/mol. The molecule has 0 aliphatic heterocycles. The van der Waals surface area contributed by atoms with E-state index in [-0.39, 0.29) is 5.91 Å². The molecule has 0 saturated carbocycles. The van der Waals surface area contributed by atoms with Gasteiger partial charge in [0.2, 0.25) is 5.91 Å². The van der Waals surface area contributed by atoms with Crippen molar-refractivity contribution in [1.82, 2.24) is 0 Å². The maximum atomic E-state index is 11.7. The molecule has 2 aromatic rings. The zero-order valence-electron chi connectivity index (χ0n) is 13.2. The van der Waals surface area contributed by atoms with Crippen molar-refractivity contribution in [2.75, 3.05) is 25.3 Å². The Morgan fingerprint density at radius 1 is 1.09 bits per heavy atom. The van der Waals surface area contributed by atoms with Gasteiger partial charge in [0, 0.05) is 0 Å². The van der Waals surface area contributed by atoms with Gasteiger partial charge in [-0.2, -0.15) is 0 Å². The Hall–Kier alpha value is -2.40. The maximum absolute atomic E-state index is 11.7. The van der Waals surface area contributed by atoms with E-state index >= 15 is 0 Å². The number of halogens is 1. The van der Waals surface area contributed by atoms with Gasteiger partial charge in [-0.25, -0.2) is 0 Å². The van der Waals surface area contributed by atoms with Gasteiger partial charge in [-0.15, -0.1) is 11.6 Å². The Bertz CT molecular complexity index is 717. The molecule has 0 aliphatic carbocycles. The summed E-state index contributed by atoms with van der Waals surface area (Å²) in [5.41, 5.74) is 8.81. The van der Waals surface area contributed by atoms with E-state index in [2.05, 4.69) is 5.32 Å². The molecule has 0 aromatic heterocycles. The van der Waals surface area contributed by atoms with Gasteiger partial charge in [-0.3, -0.25) is 4.79 Å². The molecule has 0 aliphatic rings. The summed E-state index contributed by atoms with van der Waals surface area (Å²) in [6, 6.07) is 11.0. The van der Waals surface area contributed by atoms with Gasteiger partial charge in [0.1, 0.15) is 16.9 Å².